The molecule has 174 valence electrons. The van der Waals surface area contributed by atoms with Gasteiger partial charge < -0.3 is 15.2 Å². The summed E-state index contributed by atoms with van der Waals surface area (Å²) in [6.45, 7) is 1.47. The lowest BCUT2D eigenvalue weighted by Gasteiger charge is -2.17. The quantitative estimate of drug-likeness (QED) is 0.379. The first-order valence-electron chi connectivity index (χ1n) is 9.27. The molecule has 1 amide bonds. The molecule has 3 rings (SSSR count). The molecule has 1 unspecified atom stereocenters. The van der Waals surface area contributed by atoms with Crippen molar-refractivity contribution >= 4 is 23.2 Å². The number of aromatic nitrogens is 1. The average molecular weight is 486 g/mol. The van der Waals surface area contributed by atoms with E-state index in [9.17, 15) is 31.5 Å². The Bertz CT molecular complexity index is 1180. The highest BCUT2D eigenvalue weighted by Crippen LogP contribution is 2.34. The molecular weight excluding hydrogens is 471 g/mol. The van der Waals surface area contributed by atoms with E-state index in [0.29, 0.717) is 5.56 Å². The van der Waals surface area contributed by atoms with Crippen LogP contribution in [0.4, 0.5) is 22.0 Å². The molecule has 2 aromatic carbocycles. The summed E-state index contributed by atoms with van der Waals surface area (Å²) in [7, 11) is 0. The van der Waals surface area contributed by atoms with Crippen LogP contribution >= 0.6 is 11.3 Å². The van der Waals surface area contributed by atoms with Crippen molar-refractivity contribution in [3.63, 3.8) is 0 Å². The van der Waals surface area contributed by atoms with Crippen molar-refractivity contribution in [1.29, 1.82) is 0 Å². The number of esters is 1. The number of nitrogens with two attached hydrogens (primary N) is 1. The molecule has 1 atom stereocenters. The zero-order valence-electron chi connectivity index (χ0n) is 16.8. The number of carbonyl (C=O) groups excluding carboxylic acids is 2. The first-order valence-corrected chi connectivity index (χ1v) is 10.1. The normalized spacial score (nSPS) is 12.3. The second-order valence-corrected chi connectivity index (χ2v) is 7.36. The zero-order chi connectivity index (χ0) is 24.3. The Morgan fingerprint density at radius 3 is 2.36 bits per heavy atom. The Kier molecular flexibility index (Phi) is 6.96. The second-order valence-electron chi connectivity index (χ2n) is 6.50. The fourth-order valence-electron chi connectivity index (χ4n) is 2.77. The minimum atomic E-state index is -4.50. The molecule has 12 heteroatoms. The van der Waals surface area contributed by atoms with Crippen molar-refractivity contribution < 1.29 is 41.0 Å². The molecule has 0 saturated carbocycles. The number of hydrogen-bond acceptors (Lipinski definition) is 6. The highest BCUT2D eigenvalue weighted by atomic mass is 32.1. The maximum absolute atomic E-state index is 14.6. The van der Waals surface area contributed by atoms with Crippen LogP contribution < -0.4 is 10.5 Å². The highest BCUT2D eigenvalue weighted by Gasteiger charge is 2.31. The maximum Gasteiger partial charge on any atom is 0.416 e. The molecule has 0 spiro atoms. The van der Waals surface area contributed by atoms with Gasteiger partial charge in [-0.2, -0.15) is 13.2 Å². The van der Waals surface area contributed by atoms with Gasteiger partial charge in [0.25, 0.3) is 5.91 Å². The van der Waals surface area contributed by atoms with Crippen LogP contribution in [0, 0.1) is 11.6 Å². The van der Waals surface area contributed by atoms with Gasteiger partial charge in [-0.15, -0.1) is 11.3 Å². The van der Waals surface area contributed by atoms with Gasteiger partial charge in [0.05, 0.1) is 12.2 Å². The Hall–Kier alpha value is -3.54. The van der Waals surface area contributed by atoms with Gasteiger partial charge in [0.2, 0.25) is 6.10 Å². The van der Waals surface area contributed by atoms with E-state index < -0.39 is 52.7 Å². The van der Waals surface area contributed by atoms with Crippen LogP contribution in [-0.4, -0.2) is 23.5 Å². The second kappa shape index (κ2) is 9.53. The lowest BCUT2D eigenvalue weighted by Crippen LogP contribution is -2.23. The van der Waals surface area contributed by atoms with E-state index >= 15 is 0 Å². The van der Waals surface area contributed by atoms with Gasteiger partial charge >= 0.3 is 12.1 Å². The summed E-state index contributed by atoms with van der Waals surface area (Å²) in [4.78, 5) is 28.0. The van der Waals surface area contributed by atoms with Crippen LogP contribution in [0.25, 0.3) is 10.6 Å². The summed E-state index contributed by atoms with van der Waals surface area (Å²) < 4.78 is 77.0. The molecule has 6 nitrogen and oxygen atoms in total. The number of carbonyl (C=O) groups is 2. The van der Waals surface area contributed by atoms with Gasteiger partial charge in [0.1, 0.15) is 22.1 Å². The number of hydrogen-bond donors (Lipinski definition) is 1. The fraction of sp³-hybridized carbons (Fsp3) is 0.190. The minimum absolute atomic E-state index is 0.0299. The van der Waals surface area contributed by atoms with Crippen molar-refractivity contribution in [2.45, 2.75) is 19.2 Å². The average Bonchev–Trinajstić information content (AvgIpc) is 3.22. The van der Waals surface area contributed by atoms with Crippen LogP contribution in [0.2, 0.25) is 0 Å². The summed E-state index contributed by atoms with van der Waals surface area (Å²) in [6, 6.07) is 5.81. The fourth-order valence-corrected chi connectivity index (χ4v) is 3.60. The van der Waals surface area contributed by atoms with Gasteiger partial charge in [0.15, 0.2) is 11.6 Å². The molecule has 1 aromatic heterocycles. The maximum atomic E-state index is 14.6. The number of thiazole rings is 1. The summed E-state index contributed by atoms with van der Waals surface area (Å²) in [5, 5.41) is 1.64. The molecule has 3 aromatic rings. The SMILES string of the molecule is CCOC(=O)C(Oc1ccc(F)c(C(N)=O)c1F)c1csc(-c2ccc(C(F)(F)F)cc2)n1. The van der Waals surface area contributed by atoms with Gasteiger partial charge in [-0.05, 0) is 31.2 Å². The number of rotatable bonds is 7. The molecule has 0 aliphatic carbocycles. The predicted octanol–water partition coefficient (Wildman–Crippen LogP) is 4.89. The van der Waals surface area contributed by atoms with Crippen LogP contribution in [0.5, 0.6) is 5.75 Å². The van der Waals surface area contributed by atoms with E-state index in [-0.39, 0.29) is 17.3 Å². The van der Waals surface area contributed by atoms with E-state index in [2.05, 4.69) is 4.98 Å². The number of ether oxygens (including phenoxy) is 2. The van der Waals surface area contributed by atoms with E-state index in [4.69, 9.17) is 15.2 Å². The molecule has 0 saturated heterocycles. The van der Waals surface area contributed by atoms with Crippen molar-refractivity contribution in [1.82, 2.24) is 4.98 Å². The first kappa shape index (κ1) is 24.1. The van der Waals surface area contributed by atoms with Crippen molar-refractivity contribution in [3.05, 3.63) is 70.2 Å². The van der Waals surface area contributed by atoms with E-state index in [1.54, 1.807) is 0 Å². The molecule has 33 heavy (non-hydrogen) atoms. The predicted molar refractivity (Wildman–Crippen MR) is 107 cm³/mol. The molecule has 0 bridgehead atoms. The largest absolute Gasteiger partial charge is 0.469 e. The minimum Gasteiger partial charge on any atom is -0.469 e. The van der Waals surface area contributed by atoms with Crippen LogP contribution in [0.3, 0.4) is 0 Å². The number of alkyl halides is 3. The lowest BCUT2D eigenvalue weighted by molar-refractivity contribution is -0.152. The Morgan fingerprint density at radius 1 is 1.12 bits per heavy atom. The summed E-state index contributed by atoms with van der Waals surface area (Å²) >= 11 is 0.997. The molecule has 0 radical (unpaired) electrons. The summed E-state index contributed by atoms with van der Waals surface area (Å²) in [5.41, 5.74) is 3.42. The summed E-state index contributed by atoms with van der Waals surface area (Å²) in [5.74, 6) is -5.59. The van der Waals surface area contributed by atoms with Crippen molar-refractivity contribution in [3.8, 4) is 16.3 Å². The monoisotopic (exact) mass is 486 g/mol. The number of primary amides is 1. The van der Waals surface area contributed by atoms with Gasteiger partial charge in [0, 0.05) is 10.9 Å². The number of benzene rings is 2. The Morgan fingerprint density at radius 2 is 1.79 bits per heavy atom. The van der Waals surface area contributed by atoms with Crippen molar-refractivity contribution in [2.75, 3.05) is 6.61 Å². The molecule has 0 aliphatic heterocycles. The van der Waals surface area contributed by atoms with Gasteiger partial charge in [-0.3, -0.25) is 4.79 Å². The third-order valence-corrected chi connectivity index (χ3v) is 5.21. The number of amides is 1. The smallest absolute Gasteiger partial charge is 0.416 e. The van der Waals surface area contributed by atoms with Gasteiger partial charge in [-0.1, -0.05) is 12.1 Å². The standard InChI is InChI=1S/C21H15F5N2O4S/c1-2-31-20(30)17(32-14-8-7-12(22)15(16(14)23)18(27)29)13-9-33-19(28-13)10-3-5-11(6-4-10)21(24,25)26/h3-9,17H,2H2,1H3,(H2,27,29). The van der Waals surface area contributed by atoms with E-state index in [1.807, 2.05) is 0 Å². The third-order valence-electron chi connectivity index (χ3n) is 4.30. The lowest BCUT2D eigenvalue weighted by atomic mass is 10.1. The van der Waals surface area contributed by atoms with Crippen molar-refractivity contribution in [2.24, 2.45) is 5.73 Å². The number of halogens is 5. The van der Waals surface area contributed by atoms with E-state index in [1.165, 1.54) is 24.4 Å². The molecule has 0 fully saturated rings. The Labute approximate surface area is 187 Å². The molecular formula is C21H15F5N2O4S. The Balaban J connectivity index is 1.95. The zero-order valence-corrected chi connectivity index (χ0v) is 17.6. The van der Waals surface area contributed by atoms with Crippen LogP contribution in [0.1, 0.15) is 34.6 Å². The molecule has 2 N–H and O–H groups in total. The van der Waals surface area contributed by atoms with Crippen LogP contribution in [0.15, 0.2) is 41.8 Å². The summed E-state index contributed by atoms with van der Waals surface area (Å²) in [6.07, 6.45) is -6.11. The highest BCUT2D eigenvalue weighted by molar-refractivity contribution is 7.13. The molecule has 1 heterocycles. The third kappa shape index (κ3) is 5.28. The first-order chi connectivity index (χ1) is 15.5. The van der Waals surface area contributed by atoms with Gasteiger partial charge in [-0.25, -0.2) is 18.6 Å². The van der Waals surface area contributed by atoms with Crippen LogP contribution in [-0.2, 0) is 15.7 Å². The van der Waals surface area contributed by atoms with E-state index in [0.717, 1.165) is 35.6 Å². The number of nitrogens with zero attached hydrogens (tertiary/aromatic N) is 1. The molecule has 0 aliphatic rings. The topological polar surface area (TPSA) is 91.5 Å².